The number of phenols is 1. The molecule has 0 radical (unpaired) electrons. The minimum Gasteiger partial charge on any atom is -0.507 e. The molecule has 7 heteroatoms. The molecule has 2 rings (SSSR count). The van der Waals surface area contributed by atoms with Gasteiger partial charge in [0.25, 0.3) is 0 Å². The van der Waals surface area contributed by atoms with Crippen molar-refractivity contribution in [2.75, 3.05) is 12.4 Å². The van der Waals surface area contributed by atoms with E-state index in [-0.39, 0.29) is 23.9 Å². The largest absolute Gasteiger partial charge is 0.507 e. The summed E-state index contributed by atoms with van der Waals surface area (Å²) < 4.78 is 5.89. The van der Waals surface area contributed by atoms with Gasteiger partial charge >= 0.3 is 5.97 Å². The minimum absolute atomic E-state index is 0.0127. The number of ketones is 1. The predicted octanol–water partition coefficient (Wildman–Crippen LogP) is 5.25. The molecule has 3 N–H and O–H groups in total. The number of ether oxygens (including phenoxy) is 1. The lowest BCUT2D eigenvalue weighted by Gasteiger charge is -2.18. The fourth-order valence-electron chi connectivity index (χ4n) is 3.46. The van der Waals surface area contributed by atoms with Gasteiger partial charge in [0.15, 0.2) is 5.78 Å². The SMILES string of the molecule is CCCc1c(OCCCSc2cccc(C(O)C(C)CC(=O)O)c2)ccc(C(C)=O)c1O. The highest BCUT2D eigenvalue weighted by Gasteiger charge is 2.19. The van der Waals surface area contributed by atoms with Crippen molar-refractivity contribution in [1.82, 2.24) is 0 Å². The number of aromatic hydroxyl groups is 1. The number of hydrogen-bond acceptors (Lipinski definition) is 6. The highest BCUT2D eigenvalue weighted by Crippen LogP contribution is 2.33. The topological polar surface area (TPSA) is 104 Å². The van der Waals surface area contributed by atoms with Crippen LogP contribution in [0.15, 0.2) is 41.3 Å². The summed E-state index contributed by atoms with van der Waals surface area (Å²) in [6.07, 6.45) is 1.32. The second-order valence-corrected chi connectivity index (χ2v) is 9.06. The molecule has 0 saturated carbocycles. The summed E-state index contributed by atoms with van der Waals surface area (Å²) in [4.78, 5) is 23.6. The van der Waals surface area contributed by atoms with Gasteiger partial charge in [0, 0.05) is 16.2 Å². The van der Waals surface area contributed by atoms with E-state index in [1.165, 1.54) is 6.92 Å². The summed E-state index contributed by atoms with van der Waals surface area (Å²) in [5.41, 5.74) is 1.70. The summed E-state index contributed by atoms with van der Waals surface area (Å²) >= 11 is 1.64. The number of carboxylic acid groups (broad SMARTS) is 1. The van der Waals surface area contributed by atoms with Gasteiger partial charge in [0.1, 0.15) is 11.5 Å². The predicted molar refractivity (Wildman–Crippen MR) is 126 cm³/mol. The zero-order chi connectivity index (χ0) is 23.7. The Labute approximate surface area is 193 Å². The van der Waals surface area contributed by atoms with Crippen LogP contribution >= 0.6 is 11.8 Å². The van der Waals surface area contributed by atoms with E-state index in [1.54, 1.807) is 30.8 Å². The van der Waals surface area contributed by atoms with Gasteiger partial charge in [-0.05, 0) is 55.5 Å². The first-order chi connectivity index (χ1) is 15.2. The van der Waals surface area contributed by atoms with E-state index in [9.17, 15) is 19.8 Å². The number of aliphatic hydroxyl groups is 1. The van der Waals surface area contributed by atoms with E-state index in [1.807, 2.05) is 31.2 Å². The Morgan fingerprint density at radius 1 is 1.19 bits per heavy atom. The summed E-state index contributed by atoms with van der Waals surface area (Å²) in [6.45, 7) is 5.64. The number of hydrogen-bond donors (Lipinski definition) is 3. The number of phenolic OH excluding ortho intramolecular Hbond substituents is 1. The maximum Gasteiger partial charge on any atom is 0.303 e. The van der Waals surface area contributed by atoms with Gasteiger partial charge in [0.05, 0.1) is 24.7 Å². The Morgan fingerprint density at radius 2 is 1.94 bits per heavy atom. The van der Waals surface area contributed by atoms with Crippen molar-refractivity contribution in [2.45, 2.75) is 57.5 Å². The zero-order valence-corrected chi connectivity index (χ0v) is 19.7. The highest BCUT2D eigenvalue weighted by atomic mass is 32.2. The smallest absolute Gasteiger partial charge is 0.303 e. The van der Waals surface area contributed by atoms with E-state index < -0.39 is 12.1 Å². The van der Waals surface area contributed by atoms with Crippen LogP contribution in [0.3, 0.4) is 0 Å². The second-order valence-electron chi connectivity index (χ2n) is 7.89. The molecule has 2 aromatic carbocycles. The molecule has 0 amide bonds. The third-order valence-electron chi connectivity index (χ3n) is 5.17. The van der Waals surface area contributed by atoms with Crippen LogP contribution in [0.5, 0.6) is 11.5 Å². The number of thioether (sulfide) groups is 1. The van der Waals surface area contributed by atoms with E-state index in [4.69, 9.17) is 9.84 Å². The molecule has 0 aromatic heterocycles. The number of carbonyl (C=O) groups is 2. The molecule has 6 nitrogen and oxygen atoms in total. The minimum atomic E-state index is -0.923. The Morgan fingerprint density at radius 3 is 2.59 bits per heavy atom. The van der Waals surface area contributed by atoms with E-state index in [0.717, 1.165) is 23.5 Å². The molecule has 0 fully saturated rings. The fourth-order valence-corrected chi connectivity index (χ4v) is 4.36. The van der Waals surface area contributed by atoms with Crippen molar-refractivity contribution in [3.8, 4) is 11.5 Å². The quantitative estimate of drug-likeness (QED) is 0.213. The third kappa shape index (κ3) is 7.28. The van der Waals surface area contributed by atoms with Gasteiger partial charge in [-0.3, -0.25) is 9.59 Å². The summed E-state index contributed by atoms with van der Waals surface area (Å²) in [5, 5.41) is 29.8. The van der Waals surface area contributed by atoms with Crippen LogP contribution in [0, 0.1) is 5.92 Å². The molecule has 0 heterocycles. The Hall–Kier alpha value is -2.51. The molecule has 0 saturated heterocycles. The zero-order valence-electron chi connectivity index (χ0n) is 18.8. The molecule has 2 aromatic rings. The van der Waals surface area contributed by atoms with Crippen LogP contribution in [0.1, 0.15) is 67.6 Å². The third-order valence-corrected chi connectivity index (χ3v) is 6.25. The molecular formula is C25H32O6S. The highest BCUT2D eigenvalue weighted by molar-refractivity contribution is 7.99. The molecule has 2 atom stereocenters. The molecule has 0 spiro atoms. The molecule has 2 unspecified atom stereocenters. The number of Topliss-reactive ketones (excluding diaryl/α,β-unsaturated/α-hetero) is 1. The number of carbonyl (C=O) groups excluding carboxylic acids is 1. The van der Waals surface area contributed by atoms with Crippen LogP contribution in [0.2, 0.25) is 0 Å². The van der Waals surface area contributed by atoms with Crippen LogP contribution in [0.25, 0.3) is 0 Å². The van der Waals surface area contributed by atoms with Crippen LogP contribution in [-0.2, 0) is 11.2 Å². The fraction of sp³-hybridized carbons (Fsp3) is 0.440. The van der Waals surface area contributed by atoms with E-state index >= 15 is 0 Å². The summed E-state index contributed by atoms with van der Waals surface area (Å²) in [5.74, 6) is -0.0500. The normalized spacial score (nSPS) is 12.9. The second kappa shape index (κ2) is 12.5. The summed E-state index contributed by atoms with van der Waals surface area (Å²) in [7, 11) is 0. The standard InChI is InChI=1S/C25H32O6S/c1-4-7-21-22(11-10-20(17(3)26)25(21)30)31-12-6-13-32-19-9-5-8-18(15-19)24(29)16(2)14-23(27)28/h5,8-11,15-16,24,29-30H,4,6-7,12-14H2,1-3H3,(H,27,28). The lowest BCUT2D eigenvalue weighted by Crippen LogP contribution is -2.13. The molecular weight excluding hydrogens is 428 g/mol. The molecule has 174 valence electrons. The average molecular weight is 461 g/mol. The van der Waals surface area contributed by atoms with Crippen molar-refractivity contribution < 1.29 is 29.6 Å². The van der Waals surface area contributed by atoms with Gasteiger partial charge in [-0.2, -0.15) is 0 Å². The first-order valence-electron chi connectivity index (χ1n) is 10.9. The van der Waals surface area contributed by atoms with E-state index in [2.05, 4.69) is 0 Å². The van der Waals surface area contributed by atoms with Crippen molar-refractivity contribution in [2.24, 2.45) is 5.92 Å². The lowest BCUT2D eigenvalue weighted by molar-refractivity contribution is -0.139. The number of aliphatic hydroxyl groups excluding tert-OH is 1. The molecule has 0 aliphatic rings. The number of carboxylic acids is 1. The Bertz CT molecular complexity index is 927. The van der Waals surface area contributed by atoms with Crippen molar-refractivity contribution in [3.05, 3.63) is 53.1 Å². The van der Waals surface area contributed by atoms with Gasteiger partial charge in [-0.15, -0.1) is 11.8 Å². The number of benzene rings is 2. The van der Waals surface area contributed by atoms with Crippen molar-refractivity contribution >= 4 is 23.5 Å². The van der Waals surface area contributed by atoms with Crippen LogP contribution in [0.4, 0.5) is 0 Å². The maximum atomic E-state index is 11.7. The van der Waals surface area contributed by atoms with Gasteiger partial charge in [-0.1, -0.05) is 32.4 Å². The van der Waals surface area contributed by atoms with Crippen molar-refractivity contribution in [3.63, 3.8) is 0 Å². The summed E-state index contributed by atoms with van der Waals surface area (Å²) in [6, 6.07) is 10.9. The van der Waals surface area contributed by atoms with Crippen LogP contribution in [-0.4, -0.2) is 39.4 Å². The first kappa shape index (κ1) is 25.7. The van der Waals surface area contributed by atoms with Gasteiger partial charge in [0.2, 0.25) is 0 Å². The van der Waals surface area contributed by atoms with Gasteiger partial charge in [-0.25, -0.2) is 0 Å². The van der Waals surface area contributed by atoms with E-state index in [0.29, 0.717) is 35.5 Å². The number of rotatable bonds is 13. The van der Waals surface area contributed by atoms with Crippen LogP contribution < -0.4 is 4.74 Å². The molecule has 0 bridgehead atoms. The monoisotopic (exact) mass is 460 g/mol. The molecule has 0 aliphatic carbocycles. The molecule has 32 heavy (non-hydrogen) atoms. The maximum absolute atomic E-state index is 11.7. The number of aliphatic carboxylic acids is 1. The Kier molecular flexibility index (Phi) is 10.1. The van der Waals surface area contributed by atoms with Crippen molar-refractivity contribution in [1.29, 1.82) is 0 Å². The lowest BCUT2D eigenvalue weighted by atomic mass is 9.95. The first-order valence-corrected chi connectivity index (χ1v) is 11.8. The Balaban J connectivity index is 1.90. The average Bonchev–Trinajstić information content (AvgIpc) is 2.74. The van der Waals surface area contributed by atoms with Gasteiger partial charge < -0.3 is 20.1 Å². The molecule has 0 aliphatic heterocycles.